The lowest BCUT2D eigenvalue weighted by Crippen LogP contribution is -2.36. The highest BCUT2D eigenvalue weighted by Gasteiger charge is 2.22. The van der Waals surface area contributed by atoms with Crippen LogP contribution in [0.1, 0.15) is 18.9 Å². The monoisotopic (exact) mass is 272 g/mol. The number of carbonyl (C=O) groups excluding carboxylic acids is 1. The molecule has 0 aliphatic carbocycles. The summed E-state index contributed by atoms with van der Waals surface area (Å²) in [6, 6.07) is 9.64. The SMILES string of the molecule is O=CN1CCC(n2nc(-c3ccccc3)[nH]c2=O)CC1. The fourth-order valence-corrected chi connectivity index (χ4v) is 2.55. The molecule has 0 saturated carbocycles. The summed E-state index contributed by atoms with van der Waals surface area (Å²) < 4.78 is 1.52. The lowest BCUT2D eigenvalue weighted by molar-refractivity contribution is -0.119. The quantitative estimate of drug-likeness (QED) is 0.848. The zero-order valence-electron chi connectivity index (χ0n) is 11.0. The van der Waals surface area contributed by atoms with Gasteiger partial charge in [0.2, 0.25) is 6.41 Å². The molecule has 1 aromatic heterocycles. The largest absolute Gasteiger partial charge is 0.345 e. The summed E-state index contributed by atoms with van der Waals surface area (Å²) >= 11 is 0. The van der Waals surface area contributed by atoms with E-state index in [1.807, 2.05) is 30.3 Å². The molecule has 0 radical (unpaired) electrons. The van der Waals surface area contributed by atoms with E-state index in [2.05, 4.69) is 10.1 Å². The minimum Gasteiger partial charge on any atom is -0.345 e. The smallest absolute Gasteiger partial charge is 0.343 e. The van der Waals surface area contributed by atoms with Crippen LogP contribution in [0.15, 0.2) is 35.1 Å². The van der Waals surface area contributed by atoms with Crippen molar-refractivity contribution in [3.05, 3.63) is 40.8 Å². The molecule has 0 unspecified atom stereocenters. The van der Waals surface area contributed by atoms with Gasteiger partial charge in [-0.3, -0.25) is 9.78 Å². The Kier molecular flexibility index (Phi) is 3.37. The van der Waals surface area contributed by atoms with Crippen LogP contribution in [0.4, 0.5) is 0 Å². The van der Waals surface area contributed by atoms with Crippen molar-refractivity contribution >= 4 is 6.41 Å². The fraction of sp³-hybridized carbons (Fsp3) is 0.357. The first-order chi connectivity index (χ1) is 9.78. The van der Waals surface area contributed by atoms with Crippen molar-refractivity contribution in [3.63, 3.8) is 0 Å². The molecule has 1 aromatic carbocycles. The van der Waals surface area contributed by atoms with Crippen LogP contribution < -0.4 is 5.69 Å². The standard InChI is InChI=1S/C14H16N4O2/c19-10-17-8-6-12(7-9-17)18-14(20)15-13(16-18)11-4-2-1-3-5-11/h1-5,10,12H,6-9H2,(H,15,16,20). The van der Waals surface area contributed by atoms with Crippen LogP contribution in [0.3, 0.4) is 0 Å². The maximum atomic E-state index is 12.0. The average molecular weight is 272 g/mol. The molecular weight excluding hydrogens is 256 g/mol. The Morgan fingerprint density at radius 3 is 2.55 bits per heavy atom. The summed E-state index contributed by atoms with van der Waals surface area (Å²) in [7, 11) is 0. The normalized spacial score (nSPS) is 16.3. The number of benzene rings is 1. The molecule has 1 fully saturated rings. The molecule has 1 aliphatic rings. The van der Waals surface area contributed by atoms with Gasteiger partial charge in [0.25, 0.3) is 0 Å². The van der Waals surface area contributed by atoms with Crippen LogP contribution in [-0.4, -0.2) is 39.2 Å². The van der Waals surface area contributed by atoms with Crippen LogP contribution in [0, 0.1) is 0 Å². The van der Waals surface area contributed by atoms with Gasteiger partial charge in [-0.05, 0) is 12.8 Å². The molecule has 1 amide bonds. The highest BCUT2D eigenvalue weighted by Crippen LogP contribution is 2.20. The summed E-state index contributed by atoms with van der Waals surface area (Å²) in [6.45, 7) is 1.35. The van der Waals surface area contributed by atoms with E-state index in [4.69, 9.17) is 0 Å². The van der Waals surface area contributed by atoms with Crippen LogP contribution in [0.2, 0.25) is 0 Å². The molecule has 6 heteroatoms. The van der Waals surface area contributed by atoms with Crippen molar-refractivity contribution in [2.24, 2.45) is 0 Å². The van der Waals surface area contributed by atoms with Gasteiger partial charge in [-0.15, -0.1) is 5.10 Å². The molecule has 20 heavy (non-hydrogen) atoms. The zero-order valence-corrected chi connectivity index (χ0v) is 11.0. The van der Waals surface area contributed by atoms with Crippen LogP contribution in [-0.2, 0) is 4.79 Å². The molecule has 2 aromatic rings. The number of hydrogen-bond acceptors (Lipinski definition) is 3. The number of nitrogens with zero attached hydrogens (tertiary/aromatic N) is 3. The number of nitrogens with one attached hydrogen (secondary N) is 1. The predicted molar refractivity (Wildman–Crippen MR) is 74.2 cm³/mol. The van der Waals surface area contributed by atoms with Crippen molar-refractivity contribution in [1.29, 1.82) is 0 Å². The summed E-state index contributed by atoms with van der Waals surface area (Å²) in [5.41, 5.74) is 0.710. The molecule has 0 spiro atoms. The lowest BCUT2D eigenvalue weighted by atomic mass is 10.1. The van der Waals surface area contributed by atoms with Crippen LogP contribution >= 0.6 is 0 Å². The van der Waals surface area contributed by atoms with E-state index in [1.54, 1.807) is 4.90 Å². The Labute approximate surface area is 116 Å². The molecule has 104 valence electrons. The van der Waals surface area contributed by atoms with E-state index >= 15 is 0 Å². The second-order valence-corrected chi connectivity index (χ2v) is 4.96. The van der Waals surface area contributed by atoms with Crippen molar-refractivity contribution in [1.82, 2.24) is 19.7 Å². The highest BCUT2D eigenvalue weighted by atomic mass is 16.2. The van der Waals surface area contributed by atoms with Gasteiger partial charge < -0.3 is 4.90 Å². The molecular formula is C14H16N4O2. The Morgan fingerprint density at radius 1 is 1.20 bits per heavy atom. The topological polar surface area (TPSA) is 71.0 Å². The molecule has 0 atom stereocenters. The number of hydrogen-bond donors (Lipinski definition) is 1. The van der Waals surface area contributed by atoms with E-state index in [9.17, 15) is 9.59 Å². The van der Waals surface area contributed by atoms with Gasteiger partial charge in [-0.1, -0.05) is 30.3 Å². The second kappa shape index (κ2) is 5.32. The van der Waals surface area contributed by atoms with E-state index in [0.29, 0.717) is 18.9 Å². The van der Waals surface area contributed by atoms with Crippen molar-refractivity contribution in [3.8, 4) is 11.4 Å². The summed E-state index contributed by atoms with van der Waals surface area (Å²) in [5.74, 6) is 0.591. The number of aromatic amines is 1. The van der Waals surface area contributed by atoms with E-state index in [0.717, 1.165) is 24.8 Å². The first-order valence-electron chi connectivity index (χ1n) is 6.71. The Balaban J connectivity index is 1.83. The average Bonchev–Trinajstić information content (AvgIpc) is 2.90. The highest BCUT2D eigenvalue weighted by molar-refractivity contribution is 5.53. The second-order valence-electron chi connectivity index (χ2n) is 4.96. The Morgan fingerprint density at radius 2 is 1.90 bits per heavy atom. The Hall–Kier alpha value is -2.37. The van der Waals surface area contributed by atoms with Gasteiger partial charge in [0.1, 0.15) is 0 Å². The van der Waals surface area contributed by atoms with Crippen molar-refractivity contribution in [2.75, 3.05) is 13.1 Å². The van der Waals surface area contributed by atoms with Gasteiger partial charge in [0.05, 0.1) is 6.04 Å². The minimum atomic E-state index is -0.187. The van der Waals surface area contributed by atoms with Crippen LogP contribution in [0.25, 0.3) is 11.4 Å². The lowest BCUT2D eigenvalue weighted by Gasteiger charge is -2.28. The molecule has 0 bridgehead atoms. The van der Waals surface area contributed by atoms with Crippen LogP contribution in [0.5, 0.6) is 0 Å². The molecule has 1 saturated heterocycles. The maximum Gasteiger partial charge on any atom is 0.343 e. The van der Waals surface area contributed by atoms with Gasteiger partial charge in [0, 0.05) is 18.7 Å². The fourth-order valence-electron chi connectivity index (χ4n) is 2.55. The molecule has 1 N–H and O–H groups in total. The van der Waals surface area contributed by atoms with E-state index < -0.39 is 0 Å². The number of amides is 1. The van der Waals surface area contributed by atoms with Gasteiger partial charge in [-0.25, -0.2) is 9.48 Å². The predicted octanol–water partition coefficient (Wildman–Crippen LogP) is 1.03. The number of rotatable bonds is 3. The maximum absolute atomic E-state index is 12.0. The van der Waals surface area contributed by atoms with E-state index in [1.165, 1.54) is 4.68 Å². The molecule has 6 nitrogen and oxygen atoms in total. The summed E-state index contributed by atoms with van der Waals surface area (Å²) in [4.78, 5) is 27.2. The third-order valence-corrected chi connectivity index (χ3v) is 3.68. The number of aromatic nitrogens is 3. The van der Waals surface area contributed by atoms with Gasteiger partial charge in [0.15, 0.2) is 5.82 Å². The zero-order chi connectivity index (χ0) is 13.9. The summed E-state index contributed by atoms with van der Waals surface area (Å²) in [6.07, 6.45) is 2.38. The minimum absolute atomic E-state index is 0.0624. The third kappa shape index (κ3) is 2.36. The van der Waals surface area contributed by atoms with Gasteiger partial charge in [-0.2, -0.15) is 0 Å². The molecule has 2 heterocycles. The van der Waals surface area contributed by atoms with Gasteiger partial charge >= 0.3 is 5.69 Å². The summed E-state index contributed by atoms with van der Waals surface area (Å²) in [5, 5.41) is 4.40. The van der Waals surface area contributed by atoms with E-state index in [-0.39, 0.29) is 11.7 Å². The molecule has 1 aliphatic heterocycles. The first-order valence-corrected chi connectivity index (χ1v) is 6.71. The molecule has 3 rings (SSSR count). The first kappa shape index (κ1) is 12.7. The number of carbonyl (C=O) groups is 1. The van der Waals surface area contributed by atoms with Crippen molar-refractivity contribution in [2.45, 2.75) is 18.9 Å². The third-order valence-electron chi connectivity index (χ3n) is 3.68. The number of piperidine rings is 1. The number of likely N-dealkylation sites (tertiary alicyclic amines) is 1. The Bertz CT molecular complexity index is 639. The van der Waals surface area contributed by atoms with Crippen molar-refractivity contribution < 1.29 is 4.79 Å². The number of H-pyrrole nitrogens is 1.